The summed E-state index contributed by atoms with van der Waals surface area (Å²) in [4.78, 5) is 39.2. The number of unbranched alkanes of at least 4 members (excludes halogenated alkanes) is 1. The summed E-state index contributed by atoms with van der Waals surface area (Å²) < 4.78 is 5.15. The molecule has 1 aromatic rings. The summed E-state index contributed by atoms with van der Waals surface area (Å²) in [7, 11) is 1.42. The molecule has 174 valence electrons. The van der Waals surface area contributed by atoms with Crippen LogP contribution in [0.15, 0.2) is 18.2 Å². The van der Waals surface area contributed by atoms with Gasteiger partial charge in [0.1, 0.15) is 23.4 Å². The first-order chi connectivity index (χ1) is 14.4. The Morgan fingerprint density at radius 1 is 1.23 bits per heavy atom. The maximum atomic E-state index is 13.0. The van der Waals surface area contributed by atoms with Gasteiger partial charge in [0.2, 0.25) is 11.8 Å². The summed E-state index contributed by atoms with van der Waals surface area (Å²) >= 11 is 0. The zero-order valence-corrected chi connectivity index (χ0v) is 19.2. The third-order valence-corrected chi connectivity index (χ3v) is 4.52. The molecular formula is C22H35N3O6. The second-order valence-corrected chi connectivity index (χ2v) is 8.42. The summed E-state index contributed by atoms with van der Waals surface area (Å²) in [6, 6.07) is 2.34. The van der Waals surface area contributed by atoms with E-state index in [1.54, 1.807) is 39.8 Å². The van der Waals surface area contributed by atoms with Crippen molar-refractivity contribution in [2.24, 2.45) is 0 Å². The van der Waals surface area contributed by atoms with Crippen LogP contribution in [0.25, 0.3) is 0 Å². The molecule has 0 spiro atoms. The van der Waals surface area contributed by atoms with Crippen molar-refractivity contribution < 1.29 is 29.3 Å². The Hall–Kier alpha value is -2.81. The van der Waals surface area contributed by atoms with Gasteiger partial charge in [-0.05, 0) is 57.4 Å². The van der Waals surface area contributed by atoms with E-state index >= 15 is 0 Å². The van der Waals surface area contributed by atoms with Gasteiger partial charge in [0.15, 0.2) is 0 Å². The molecule has 0 bridgehead atoms. The van der Waals surface area contributed by atoms with Crippen LogP contribution in [0.4, 0.5) is 4.79 Å². The van der Waals surface area contributed by atoms with Crippen LogP contribution in [0.2, 0.25) is 0 Å². The molecule has 3 amide bonds. The van der Waals surface area contributed by atoms with Crippen molar-refractivity contribution in [1.29, 1.82) is 0 Å². The number of amides is 3. The first-order valence-electron chi connectivity index (χ1n) is 10.4. The summed E-state index contributed by atoms with van der Waals surface area (Å²) in [5.74, 6) is -0.985. The molecule has 0 aliphatic heterocycles. The SMILES string of the molecule is CCCCNC(=O)C(c1ccc(O)c(C)c1)N(C)C(=O)C(CO)NC(=O)OC(C)(C)C. The molecule has 1 aromatic carbocycles. The number of carbonyl (C=O) groups is 3. The average Bonchev–Trinajstić information content (AvgIpc) is 2.67. The van der Waals surface area contributed by atoms with Gasteiger partial charge >= 0.3 is 6.09 Å². The number of hydrogen-bond acceptors (Lipinski definition) is 6. The Balaban J connectivity index is 3.14. The third-order valence-electron chi connectivity index (χ3n) is 4.52. The Kier molecular flexibility index (Phi) is 9.77. The topological polar surface area (TPSA) is 128 Å². The van der Waals surface area contributed by atoms with Gasteiger partial charge in [-0.2, -0.15) is 0 Å². The molecule has 2 unspecified atom stereocenters. The van der Waals surface area contributed by atoms with Gasteiger partial charge < -0.3 is 30.5 Å². The maximum absolute atomic E-state index is 13.0. The number of aliphatic hydroxyl groups is 1. The molecule has 31 heavy (non-hydrogen) atoms. The lowest BCUT2D eigenvalue weighted by Crippen LogP contribution is -2.53. The first kappa shape index (κ1) is 26.2. The van der Waals surface area contributed by atoms with E-state index in [2.05, 4.69) is 10.6 Å². The molecule has 9 nitrogen and oxygen atoms in total. The lowest BCUT2D eigenvalue weighted by molar-refractivity contribution is -0.141. The van der Waals surface area contributed by atoms with E-state index in [1.807, 2.05) is 6.92 Å². The molecule has 0 fully saturated rings. The lowest BCUT2D eigenvalue weighted by atomic mass is 10.0. The largest absolute Gasteiger partial charge is 0.508 e. The quantitative estimate of drug-likeness (QED) is 0.438. The van der Waals surface area contributed by atoms with Crippen LogP contribution in [-0.4, -0.2) is 64.9 Å². The number of alkyl carbamates (subject to hydrolysis) is 1. The van der Waals surface area contributed by atoms with Crippen LogP contribution in [0.5, 0.6) is 5.75 Å². The standard InChI is InChI=1S/C22H35N3O6/c1-7-8-11-23-19(28)18(15-9-10-17(27)14(2)12-15)25(6)20(29)16(13-26)24-21(30)31-22(3,4)5/h9-10,12,16,18,26-27H,7-8,11,13H2,1-6H3,(H,23,28)(H,24,30). The second kappa shape index (κ2) is 11.5. The fourth-order valence-corrected chi connectivity index (χ4v) is 2.89. The summed E-state index contributed by atoms with van der Waals surface area (Å²) in [5, 5.41) is 24.7. The predicted octanol–water partition coefficient (Wildman–Crippen LogP) is 2.00. The third kappa shape index (κ3) is 8.09. The number of likely N-dealkylation sites (N-methyl/N-ethyl adjacent to an activating group) is 1. The fourth-order valence-electron chi connectivity index (χ4n) is 2.89. The van der Waals surface area contributed by atoms with Gasteiger partial charge in [-0.15, -0.1) is 0 Å². The molecule has 0 heterocycles. The Morgan fingerprint density at radius 2 is 1.87 bits per heavy atom. The molecule has 0 aromatic heterocycles. The molecule has 0 saturated carbocycles. The fraction of sp³-hybridized carbons (Fsp3) is 0.591. The van der Waals surface area contributed by atoms with Crippen LogP contribution in [0, 0.1) is 6.92 Å². The molecule has 0 aliphatic carbocycles. The number of aliphatic hydroxyl groups excluding tert-OH is 1. The van der Waals surface area contributed by atoms with Crippen molar-refractivity contribution in [1.82, 2.24) is 15.5 Å². The maximum Gasteiger partial charge on any atom is 0.408 e. The van der Waals surface area contributed by atoms with Gasteiger partial charge in [0, 0.05) is 13.6 Å². The van der Waals surface area contributed by atoms with Gasteiger partial charge in [-0.1, -0.05) is 19.4 Å². The number of nitrogens with zero attached hydrogens (tertiary/aromatic N) is 1. The van der Waals surface area contributed by atoms with Crippen LogP contribution in [-0.2, 0) is 14.3 Å². The number of benzene rings is 1. The van der Waals surface area contributed by atoms with E-state index in [4.69, 9.17) is 4.74 Å². The number of hydrogen-bond donors (Lipinski definition) is 4. The Bertz CT molecular complexity index is 775. The molecule has 1 rings (SSSR count). The molecule has 0 saturated heterocycles. The van der Waals surface area contributed by atoms with E-state index < -0.39 is 42.2 Å². The molecule has 2 atom stereocenters. The van der Waals surface area contributed by atoms with E-state index in [9.17, 15) is 24.6 Å². The van der Waals surface area contributed by atoms with Crippen LogP contribution in [0.1, 0.15) is 57.7 Å². The minimum Gasteiger partial charge on any atom is -0.508 e. The van der Waals surface area contributed by atoms with Crippen LogP contribution >= 0.6 is 0 Å². The smallest absolute Gasteiger partial charge is 0.408 e. The summed E-state index contributed by atoms with van der Waals surface area (Å²) in [5.41, 5.74) is 0.272. The van der Waals surface area contributed by atoms with Crippen LogP contribution < -0.4 is 10.6 Å². The summed E-state index contributed by atoms with van der Waals surface area (Å²) in [6.45, 7) is 8.50. The molecule has 0 radical (unpaired) electrons. The Labute approximate surface area is 183 Å². The number of aryl methyl sites for hydroxylation is 1. The van der Waals surface area contributed by atoms with Crippen molar-refractivity contribution in [3.63, 3.8) is 0 Å². The normalized spacial score (nSPS) is 13.1. The van der Waals surface area contributed by atoms with Crippen molar-refractivity contribution in [2.75, 3.05) is 20.2 Å². The van der Waals surface area contributed by atoms with Crippen molar-refractivity contribution in [3.8, 4) is 5.75 Å². The van der Waals surface area contributed by atoms with E-state index in [-0.39, 0.29) is 5.75 Å². The van der Waals surface area contributed by atoms with Crippen molar-refractivity contribution in [2.45, 2.75) is 65.1 Å². The number of phenols is 1. The van der Waals surface area contributed by atoms with Gasteiger partial charge in [0.25, 0.3) is 0 Å². The highest BCUT2D eigenvalue weighted by Crippen LogP contribution is 2.26. The first-order valence-corrected chi connectivity index (χ1v) is 10.4. The number of carbonyl (C=O) groups excluding carboxylic acids is 3. The van der Waals surface area contributed by atoms with Crippen molar-refractivity contribution >= 4 is 17.9 Å². The molecule has 9 heteroatoms. The zero-order chi connectivity index (χ0) is 23.8. The number of aromatic hydroxyl groups is 1. The molecular weight excluding hydrogens is 402 g/mol. The lowest BCUT2D eigenvalue weighted by Gasteiger charge is -2.31. The predicted molar refractivity (Wildman–Crippen MR) is 117 cm³/mol. The van der Waals surface area contributed by atoms with E-state index in [0.717, 1.165) is 12.8 Å². The number of nitrogens with one attached hydrogen (secondary N) is 2. The second-order valence-electron chi connectivity index (χ2n) is 8.42. The Morgan fingerprint density at radius 3 is 2.39 bits per heavy atom. The summed E-state index contributed by atoms with van der Waals surface area (Å²) in [6.07, 6.45) is 0.826. The highest BCUT2D eigenvalue weighted by atomic mass is 16.6. The highest BCUT2D eigenvalue weighted by molar-refractivity contribution is 5.92. The monoisotopic (exact) mass is 437 g/mol. The van der Waals surface area contributed by atoms with Gasteiger partial charge in [-0.3, -0.25) is 9.59 Å². The van der Waals surface area contributed by atoms with Gasteiger partial charge in [0.05, 0.1) is 6.61 Å². The van der Waals surface area contributed by atoms with Crippen molar-refractivity contribution in [3.05, 3.63) is 29.3 Å². The highest BCUT2D eigenvalue weighted by Gasteiger charge is 2.34. The zero-order valence-electron chi connectivity index (χ0n) is 19.2. The van der Waals surface area contributed by atoms with Gasteiger partial charge in [-0.25, -0.2) is 4.79 Å². The minimum atomic E-state index is -1.29. The van der Waals surface area contributed by atoms with E-state index in [1.165, 1.54) is 18.0 Å². The number of ether oxygens (including phenoxy) is 1. The number of rotatable bonds is 9. The van der Waals surface area contributed by atoms with Crippen LogP contribution in [0.3, 0.4) is 0 Å². The molecule has 4 N–H and O–H groups in total. The van der Waals surface area contributed by atoms with E-state index in [0.29, 0.717) is 17.7 Å². The molecule has 0 aliphatic rings. The number of phenolic OH excluding ortho intramolecular Hbond substituents is 1. The minimum absolute atomic E-state index is 0.0719. The average molecular weight is 438 g/mol.